The zero-order valence-corrected chi connectivity index (χ0v) is 12.9. The number of benzene rings is 1. The van der Waals surface area contributed by atoms with Crippen molar-refractivity contribution in [3.05, 3.63) is 35.4 Å². The van der Waals surface area contributed by atoms with Crippen LogP contribution in [0.1, 0.15) is 29.8 Å². The molecule has 0 aliphatic carbocycles. The highest BCUT2D eigenvalue weighted by molar-refractivity contribution is 5.93. The Morgan fingerprint density at radius 1 is 1.40 bits per heavy atom. The van der Waals surface area contributed by atoms with E-state index in [0.29, 0.717) is 11.6 Å². The Kier molecular flexibility index (Phi) is 6.64. The zero-order chi connectivity index (χ0) is 15.1. The number of rotatable bonds is 7. The molecule has 0 saturated carbocycles. The van der Waals surface area contributed by atoms with Crippen LogP contribution in [0, 0.1) is 0 Å². The molecular weight excluding hydrogens is 252 g/mol. The predicted molar refractivity (Wildman–Crippen MR) is 82.2 cm³/mol. The summed E-state index contributed by atoms with van der Waals surface area (Å²) in [6.07, 6.45) is 0. The molecule has 5 heteroatoms. The molecule has 1 aromatic carbocycles. The van der Waals surface area contributed by atoms with E-state index in [0.717, 1.165) is 25.2 Å². The van der Waals surface area contributed by atoms with E-state index in [1.807, 2.05) is 18.2 Å². The van der Waals surface area contributed by atoms with Gasteiger partial charge in [0, 0.05) is 24.7 Å². The van der Waals surface area contributed by atoms with Gasteiger partial charge in [-0.15, -0.1) is 0 Å². The second-order valence-electron chi connectivity index (χ2n) is 5.35. The molecule has 0 bridgehead atoms. The van der Waals surface area contributed by atoms with Crippen molar-refractivity contribution in [2.45, 2.75) is 26.4 Å². The SMILES string of the molecule is CCN(Cc1cccc(C(=O)NN)c1)C(C)CN(C)C. The number of hydrogen-bond donors (Lipinski definition) is 2. The summed E-state index contributed by atoms with van der Waals surface area (Å²) in [5.74, 6) is 4.92. The van der Waals surface area contributed by atoms with E-state index in [4.69, 9.17) is 5.84 Å². The fraction of sp³-hybridized carbons (Fsp3) is 0.533. The fourth-order valence-electron chi connectivity index (χ4n) is 2.35. The number of amides is 1. The zero-order valence-electron chi connectivity index (χ0n) is 12.9. The van der Waals surface area contributed by atoms with E-state index in [2.05, 4.69) is 43.2 Å². The van der Waals surface area contributed by atoms with Crippen molar-refractivity contribution in [3.8, 4) is 0 Å². The summed E-state index contributed by atoms with van der Waals surface area (Å²) in [7, 11) is 4.16. The van der Waals surface area contributed by atoms with Gasteiger partial charge in [-0.2, -0.15) is 0 Å². The Balaban J connectivity index is 2.77. The van der Waals surface area contributed by atoms with Crippen LogP contribution < -0.4 is 11.3 Å². The van der Waals surface area contributed by atoms with Gasteiger partial charge in [0.15, 0.2) is 0 Å². The Morgan fingerprint density at radius 2 is 2.10 bits per heavy atom. The third-order valence-corrected chi connectivity index (χ3v) is 3.36. The molecule has 0 heterocycles. The summed E-state index contributed by atoms with van der Waals surface area (Å²) in [6.45, 7) is 7.19. The monoisotopic (exact) mass is 278 g/mol. The number of nitrogens with zero attached hydrogens (tertiary/aromatic N) is 2. The minimum absolute atomic E-state index is 0.253. The van der Waals surface area contributed by atoms with Crippen molar-refractivity contribution < 1.29 is 4.79 Å². The van der Waals surface area contributed by atoms with Gasteiger partial charge < -0.3 is 4.90 Å². The first-order valence-corrected chi connectivity index (χ1v) is 6.96. The first kappa shape index (κ1) is 16.6. The standard InChI is InChI=1S/C15H26N4O/c1-5-19(12(2)10-18(3)4)11-13-7-6-8-14(9-13)15(20)17-16/h6-9,12H,5,10-11,16H2,1-4H3,(H,17,20). The summed E-state index contributed by atoms with van der Waals surface area (Å²) >= 11 is 0. The van der Waals surface area contributed by atoms with Gasteiger partial charge in [-0.3, -0.25) is 15.1 Å². The highest BCUT2D eigenvalue weighted by Crippen LogP contribution is 2.11. The lowest BCUT2D eigenvalue weighted by molar-refractivity contribution is 0.0953. The highest BCUT2D eigenvalue weighted by atomic mass is 16.2. The van der Waals surface area contributed by atoms with Crippen LogP contribution in [0.4, 0.5) is 0 Å². The first-order valence-electron chi connectivity index (χ1n) is 6.96. The van der Waals surface area contributed by atoms with Gasteiger partial charge in [-0.1, -0.05) is 19.1 Å². The minimum atomic E-state index is -0.253. The molecule has 0 aromatic heterocycles. The molecule has 1 amide bonds. The normalized spacial score (nSPS) is 12.8. The lowest BCUT2D eigenvalue weighted by Crippen LogP contribution is -2.39. The average Bonchev–Trinajstić information content (AvgIpc) is 2.43. The molecule has 3 N–H and O–H groups in total. The molecular formula is C15H26N4O. The van der Waals surface area contributed by atoms with E-state index < -0.39 is 0 Å². The molecule has 0 spiro atoms. The van der Waals surface area contributed by atoms with Crippen LogP contribution in [-0.2, 0) is 6.54 Å². The van der Waals surface area contributed by atoms with Gasteiger partial charge in [-0.25, -0.2) is 5.84 Å². The summed E-state index contributed by atoms with van der Waals surface area (Å²) in [6, 6.07) is 8.06. The Morgan fingerprint density at radius 3 is 2.65 bits per heavy atom. The quantitative estimate of drug-likeness (QED) is 0.445. The molecule has 0 saturated heterocycles. The fourth-order valence-corrected chi connectivity index (χ4v) is 2.35. The maximum atomic E-state index is 11.5. The molecule has 0 aliphatic heterocycles. The van der Waals surface area contributed by atoms with Gasteiger partial charge in [0.1, 0.15) is 0 Å². The largest absolute Gasteiger partial charge is 0.308 e. The third kappa shape index (κ3) is 4.92. The van der Waals surface area contributed by atoms with Crippen LogP contribution >= 0.6 is 0 Å². The summed E-state index contributed by atoms with van der Waals surface area (Å²) in [5.41, 5.74) is 3.89. The summed E-state index contributed by atoms with van der Waals surface area (Å²) in [4.78, 5) is 16.1. The molecule has 1 aromatic rings. The summed E-state index contributed by atoms with van der Waals surface area (Å²) in [5, 5.41) is 0. The third-order valence-electron chi connectivity index (χ3n) is 3.36. The number of hydrazine groups is 1. The molecule has 1 rings (SSSR count). The molecule has 1 atom stereocenters. The Hall–Kier alpha value is -1.43. The second-order valence-corrected chi connectivity index (χ2v) is 5.35. The lowest BCUT2D eigenvalue weighted by Gasteiger charge is -2.30. The lowest BCUT2D eigenvalue weighted by atomic mass is 10.1. The van der Waals surface area contributed by atoms with E-state index in [9.17, 15) is 4.79 Å². The van der Waals surface area contributed by atoms with Crippen LogP contribution in [0.5, 0.6) is 0 Å². The number of nitrogens with two attached hydrogens (primary N) is 1. The molecule has 0 radical (unpaired) electrons. The molecule has 0 aliphatic rings. The smallest absolute Gasteiger partial charge is 0.265 e. The van der Waals surface area contributed by atoms with Crippen LogP contribution in [0.15, 0.2) is 24.3 Å². The van der Waals surface area contributed by atoms with Gasteiger partial charge in [0.2, 0.25) is 0 Å². The molecule has 5 nitrogen and oxygen atoms in total. The number of carbonyl (C=O) groups excluding carboxylic acids is 1. The highest BCUT2D eigenvalue weighted by Gasteiger charge is 2.14. The van der Waals surface area contributed by atoms with Crippen LogP contribution in [0.25, 0.3) is 0 Å². The van der Waals surface area contributed by atoms with E-state index in [1.165, 1.54) is 0 Å². The number of nitrogen functional groups attached to an aromatic ring is 1. The van der Waals surface area contributed by atoms with Crippen LogP contribution in [0.2, 0.25) is 0 Å². The summed E-state index contributed by atoms with van der Waals surface area (Å²) < 4.78 is 0. The van der Waals surface area contributed by atoms with E-state index in [-0.39, 0.29) is 5.91 Å². The topological polar surface area (TPSA) is 61.6 Å². The van der Waals surface area contributed by atoms with Gasteiger partial charge >= 0.3 is 0 Å². The van der Waals surface area contributed by atoms with E-state index >= 15 is 0 Å². The van der Waals surface area contributed by atoms with E-state index in [1.54, 1.807) is 6.07 Å². The molecule has 0 fully saturated rings. The van der Waals surface area contributed by atoms with Crippen molar-refractivity contribution >= 4 is 5.91 Å². The Bertz CT molecular complexity index is 434. The van der Waals surface area contributed by atoms with Crippen molar-refractivity contribution in [2.24, 2.45) is 5.84 Å². The number of likely N-dealkylation sites (N-methyl/N-ethyl adjacent to an activating group) is 2. The maximum absolute atomic E-state index is 11.5. The molecule has 112 valence electrons. The number of carbonyl (C=O) groups is 1. The van der Waals surface area contributed by atoms with Crippen LogP contribution in [0.3, 0.4) is 0 Å². The second kappa shape index (κ2) is 7.99. The van der Waals surface area contributed by atoms with Gasteiger partial charge in [-0.05, 0) is 45.3 Å². The Labute approximate surface area is 121 Å². The van der Waals surface area contributed by atoms with Crippen molar-refractivity contribution in [2.75, 3.05) is 27.2 Å². The predicted octanol–water partition coefficient (Wildman–Crippen LogP) is 1.06. The average molecular weight is 278 g/mol. The number of nitrogens with one attached hydrogen (secondary N) is 1. The van der Waals surface area contributed by atoms with Gasteiger partial charge in [0.05, 0.1) is 0 Å². The van der Waals surface area contributed by atoms with Crippen molar-refractivity contribution in [1.29, 1.82) is 0 Å². The molecule has 1 unspecified atom stereocenters. The first-order chi connectivity index (χ1) is 9.47. The molecule has 20 heavy (non-hydrogen) atoms. The van der Waals surface area contributed by atoms with Crippen molar-refractivity contribution in [3.63, 3.8) is 0 Å². The minimum Gasteiger partial charge on any atom is -0.308 e. The van der Waals surface area contributed by atoms with Crippen LogP contribution in [-0.4, -0.2) is 48.9 Å². The maximum Gasteiger partial charge on any atom is 0.265 e. The number of hydrogen-bond acceptors (Lipinski definition) is 4. The van der Waals surface area contributed by atoms with Gasteiger partial charge in [0.25, 0.3) is 5.91 Å². The van der Waals surface area contributed by atoms with Crippen molar-refractivity contribution in [1.82, 2.24) is 15.2 Å².